The fourth-order valence-electron chi connectivity index (χ4n) is 3.87. The molecule has 0 radical (unpaired) electrons. The highest BCUT2D eigenvalue weighted by molar-refractivity contribution is 6.01. The first-order valence-corrected chi connectivity index (χ1v) is 11.2. The van der Waals surface area contributed by atoms with E-state index in [2.05, 4.69) is 17.0 Å². The number of nitriles is 1. The summed E-state index contributed by atoms with van der Waals surface area (Å²) in [4.78, 5) is 27.3. The van der Waals surface area contributed by atoms with Crippen LogP contribution >= 0.6 is 0 Å². The van der Waals surface area contributed by atoms with Gasteiger partial charge in [-0.1, -0.05) is 42.5 Å². The summed E-state index contributed by atoms with van der Waals surface area (Å²) in [5, 5.41) is 20.5. The van der Waals surface area contributed by atoms with E-state index in [4.69, 9.17) is 4.74 Å². The van der Waals surface area contributed by atoms with Crippen molar-refractivity contribution in [3.05, 3.63) is 106 Å². The molecule has 1 amide bonds. The number of rotatable bonds is 7. The minimum atomic E-state index is -0.443. The van der Waals surface area contributed by atoms with Gasteiger partial charge in [-0.25, -0.2) is 0 Å². The van der Waals surface area contributed by atoms with Crippen LogP contribution in [0.1, 0.15) is 11.1 Å². The van der Waals surface area contributed by atoms with E-state index < -0.39 is 4.92 Å². The van der Waals surface area contributed by atoms with Gasteiger partial charge in [-0.15, -0.1) is 0 Å². The van der Waals surface area contributed by atoms with E-state index in [-0.39, 0.29) is 23.8 Å². The molecule has 0 atom stereocenters. The van der Waals surface area contributed by atoms with Crippen LogP contribution in [0.5, 0.6) is 5.75 Å². The minimum absolute atomic E-state index is 0.0155. The van der Waals surface area contributed by atoms with Gasteiger partial charge in [0.2, 0.25) is 0 Å². The second-order valence-corrected chi connectivity index (χ2v) is 8.07. The molecule has 0 bridgehead atoms. The van der Waals surface area contributed by atoms with Crippen LogP contribution in [-0.4, -0.2) is 41.9 Å². The number of non-ortho nitro benzene ring substituents is 1. The Bertz CT molecular complexity index is 1260. The molecule has 0 N–H and O–H groups in total. The monoisotopic (exact) mass is 468 g/mol. The van der Waals surface area contributed by atoms with E-state index in [1.54, 1.807) is 47.4 Å². The Balaban J connectivity index is 1.35. The van der Waals surface area contributed by atoms with Gasteiger partial charge in [0.1, 0.15) is 24.0 Å². The molecule has 0 saturated carbocycles. The summed E-state index contributed by atoms with van der Waals surface area (Å²) in [6.07, 6.45) is 1.58. The first-order valence-electron chi connectivity index (χ1n) is 11.2. The number of piperazine rings is 1. The van der Waals surface area contributed by atoms with Crippen LogP contribution in [0.2, 0.25) is 0 Å². The van der Waals surface area contributed by atoms with E-state index in [0.717, 1.165) is 5.69 Å². The van der Waals surface area contributed by atoms with Crippen molar-refractivity contribution in [1.29, 1.82) is 5.26 Å². The van der Waals surface area contributed by atoms with E-state index >= 15 is 0 Å². The summed E-state index contributed by atoms with van der Waals surface area (Å²) >= 11 is 0. The number of carbonyl (C=O) groups is 1. The van der Waals surface area contributed by atoms with Crippen LogP contribution in [0.15, 0.2) is 84.4 Å². The zero-order valence-corrected chi connectivity index (χ0v) is 19.0. The number of hydrogen-bond donors (Lipinski definition) is 0. The van der Waals surface area contributed by atoms with Crippen molar-refractivity contribution in [2.75, 3.05) is 31.1 Å². The molecule has 35 heavy (non-hydrogen) atoms. The van der Waals surface area contributed by atoms with Gasteiger partial charge in [0.15, 0.2) is 0 Å². The number of ether oxygens (including phenoxy) is 1. The van der Waals surface area contributed by atoms with Gasteiger partial charge in [0.05, 0.1) is 4.92 Å². The third-order valence-electron chi connectivity index (χ3n) is 5.76. The van der Waals surface area contributed by atoms with Crippen molar-refractivity contribution < 1.29 is 14.5 Å². The lowest BCUT2D eigenvalue weighted by Gasteiger charge is -2.36. The summed E-state index contributed by atoms with van der Waals surface area (Å²) < 4.78 is 5.71. The van der Waals surface area contributed by atoms with Crippen LogP contribution in [0.3, 0.4) is 0 Å². The van der Waals surface area contributed by atoms with Gasteiger partial charge in [0, 0.05) is 44.0 Å². The Hall–Kier alpha value is -4.64. The van der Waals surface area contributed by atoms with Crippen LogP contribution in [0.4, 0.5) is 11.4 Å². The van der Waals surface area contributed by atoms with Crippen LogP contribution in [0, 0.1) is 21.4 Å². The smallest absolute Gasteiger partial charge is 0.269 e. The largest absolute Gasteiger partial charge is 0.489 e. The first-order chi connectivity index (χ1) is 17.0. The molecule has 0 spiro atoms. The normalized spacial score (nSPS) is 13.7. The van der Waals surface area contributed by atoms with E-state index in [9.17, 15) is 20.2 Å². The van der Waals surface area contributed by atoms with Gasteiger partial charge in [-0.2, -0.15) is 5.26 Å². The molecule has 1 heterocycles. The standard InChI is InChI=1S/C27H24N4O4/c28-19-23(27(32)30-15-13-29(14-16-30)24-6-2-1-3-7-24)17-21-9-11-26(12-10-21)35-20-22-5-4-8-25(18-22)31(33)34/h1-12,17-18H,13-16,20H2/b23-17-. The van der Waals surface area contributed by atoms with Crippen LogP contribution in [-0.2, 0) is 11.4 Å². The maximum absolute atomic E-state index is 12.9. The van der Waals surface area contributed by atoms with Gasteiger partial charge in [0.25, 0.3) is 11.6 Å². The van der Waals surface area contributed by atoms with E-state index in [1.807, 2.05) is 24.3 Å². The molecule has 0 unspecified atom stereocenters. The van der Waals surface area contributed by atoms with Gasteiger partial charge >= 0.3 is 0 Å². The van der Waals surface area contributed by atoms with Crippen LogP contribution < -0.4 is 9.64 Å². The zero-order chi connectivity index (χ0) is 24.6. The van der Waals surface area contributed by atoms with Gasteiger partial charge in [-0.05, 0) is 41.5 Å². The highest BCUT2D eigenvalue weighted by atomic mass is 16.6. The molecule has 1 aliphatic heterocycles. The highest BCUT2D eigenvalue weighted by Crippen LogP contribution is 2.20. The Morgan fingerprint density at radius 1 is 1.00 bits per heavy atom. The number of carbonyl (C=O) groups excluding carboxylic acids is 1. The molecule has 176 valence electrons. The fraction of sp³-hybridized carbons (Fsp3) is 0.185. The quantitative estimate of drug-likeness (QED) is 0.220. The number of amides is 1. The average molecular weight is 469 g/mol. The molecule has 0 aliphatic carbocycles. The average Bonchev–Trinajstić information content (AvgIpc) is 2.91. The number of hydrogen-bond acceptors (Lipinski definition) is 6. The molecule has 3 aromatic carbocycles. The number of anilines is 1. The van der Waals surface area contributed by atoms with Crippen molar-refractivity contribution in [3.63, 3.8) is 0 Å². The number of nitro groups is 1. The van der Waals surface area contributed by atoms with Crippen LogP contribution in [0.25, 0.3) is 6.08 Å². The zero-order valence-electron chi connectivity index (χ0n) is 19.0. The summed E-state index contributed by atoms with van der Waals surface area (Å²) in [6, 6.07) is 25.4. The predicted molar refractivity (Wildman–Crippen MR) is 133 cm³/mol. The van der Waals surface area contributed by atoms with E-state index in [0.29, 0.717) is 43.1 Å². The lowest BCUT2D eigenvalue weighted by molar-refractivity contribution is -0.384. The number of benzene rings is 3. The second-order valence-electron chi connectivity index (χ2n) is 8.07. The maximum Gasteiger partial charge on any atom is 0.269 e. The lowest BCUT2D eigenvalue weighted by Crippen LogP contribution is -2.49. The molecule has 4 rings (SSSR count). The van der Waals surface area contributed by atoms with E-state index in [1.165, 1.54) is 12.1 Å². The number of para-hydroxylation sites is 1. The highest BCUT2D eigenvalue weighted by Gasteiger charge is 2.23. The molecule has 1 aliphatic rings. The summed E-state index contributed by atoms with van der Waals surface area (Å²) in [6.45, 7) is 2.72. The molecule has 1 saturated heterocycles. The fourth-order valence-corrected chi connectivity index (χ4v) is 3.87. The van der Waals surface area contributed by atoms with Crippen molar-refractivity contribution in [1.82, 2.24) is 4.90 Å². The second kappa shape index (κ2) is 11.0. The van der Waals surface area contributed by atoms with Crippen molar-refractivity contribution in [2.45, 2.75) is 6.61 Å². The third-order valence-corrected chi connectivity index (χ3v) is 5.76. The Labute approximate surface area is 203 Å². The molecule has 8 nitrogen and oxygen atoms in total. The molecule has 3 aromatic rings. The summed E-state index contributed by atoms with van der Waals surface area (Å²) in [7, 11) is 0. The maximum atomic E-state index is 12.9. The van der Waals surface area contributed by atoms with Crippen molar-refractivity contribution >= 4 is 23.4 Å². The molecule has 1 fully saturated rings. The molecular formula is C27H24N4O4. The summed E-state index contributed by atoms with van der Waals surface area (Å²) in [5.41, 5.74) is 2.63. The Morgan fingerprint density at radius 3 is 2.37 bits per heavy atom. The Kier molecular flexibility index (Phi) is 7.38. The predicted octanol–water partition coefficient (Wildman–Crippen LogP) is 4.43. The number of nitro benzene ring substituents is 1. The minimum Gasteiger partial charge on any atom is -0.489 e. The summed E-state index contributed by atoms with van der Waals surface area (Å²) in [5.74, 6) is 0.307. The Morgan fingerprint density at radius 2 is 1.71 bits per heavy atom. The molecule has 8 heteroatoms. The lowest BCUT2D eigenvalue weighted by atomic mass is 10.1. The molecule has 0 aromatic heterocycles. The SMILES string of the molecule is N#C/C(=C/c1ccc(OCc2cccc([N+](=O)[O-])c2)cc1)C(=O)N1CCN(c2ccccc2)CC1. The topological polar surface area (TPSA) is 99.7 Å². The molecular weight excluding hydrogens is 444 g/mol. The van der Waals surface area contributed by atoms with Gasteiger partial charge < -0.3 is 14.5 Å². The number of nitrogens with zero attached hydrogens (tertiary/aromatic N) is 4. The first kappa shape index (κ1) is 23.5. The van der Waals surface area contributed by atoms with Gasteiger partial charge in [-0.3, -0.25) is 14.9 Å². The van der Waals surface area contributed by atoms with Crippen molar-refractivity contribution in [3.8, 4) is 11.8 Å². The van der Waals surface area contributed by atoms with Crippen molar-refractivity contribution in [2.24, 2.45) is 0 Å². The third kappa shape index (κ3) is 6.03.